The van der Waals surface area contributed by atoms with Gasteiger partial charge in [0.2, 0.25) is 0 Å². The van der Waals surface area contributed by atoms with Crippen molar-refractivity contribution in [3.05, 3.63) is 22.8 Å². The van der Waals surface area contributed by atoms with E-state index in [0.29, 0.717) is 42.7 Å². The number of nitrogens with one attached hydrogen (secondary N) is 1. The number of hydrogen-bond donors (Lipinski definition) is 2. The summed E-state index contributed by atoms with van der Waals surface area (Å²) in [7, 11) is 0. The van der Waals surface area contributed by atoms with Gasteiger partial charge in [-0.15, -0.1) is 0 Å². The molecule has 1 saturated carbocycles. The lowest BCUT2D eigenvalue weighted by atomic mass is 9.92. The lowest BCUT2D eigenvalue weighted by Gasteiger charge is -2.29. The Hall–Kier alpha value is -1.37. The number of anilines is 1. The maximum Gasteiger partial charge on any atom is 0.255 e. The van der Waals surface area contributed by atoms with Crippen LogP contribution in [0, 0.1) is 0 Å². The number of ether oxygens (including phenoxy) is 1. The molecule has 0 bridgehead atoms. The molecule has 0 radical (unpaired) electrons. The molecule has 1 aromatic rings. The smallest absolute Gasteiger partial charge is 0.255 e. The first-order chi connectivity index (χ1) is 11.1. The van der Waals surface area contributed by atoms with Gasteiger partial charge in [0.25, 0.3) is 5.91 Å². The Labute approximate surface area is 140 Å². The molecule has 2 atom stereocenters. The third kappa shape index (κ3) is 3.94. The van der Waals surface area contributed by atoms with Gasteiger partial charge in [0, 0.05) is 19.3 Å². The highest BCUT2D eigenvalue weighted by Gasteiger charge is 2.24. The van der Waals surface area contributed by atoms with Crippen molar-refractivity contribution in [2.75, 3.05) is 31.6 Å². The van der Waals surface area contributed by atoms with Crippen LogP contribution < -0.4 is 5.32 Å². The highest BCUT2D eigenvalue weighted by Crippen LogP contribution is 2.26. The maximum absolute atomic E-state index is 12.4. The van der Waals surface area contributed by atoms with E-state index in [2.05, 4.69) is 10.3 Å². The number of pyridine rings is 1. The SMILES string of the molecule is O=C(c1cnc(N[C@H]2CCCC[C@@H]2O)c(Cl)c1)N1CCOCC1. The normalized spacial score (nSPS) is 25.2. The van der Waals surface area contributed by atoms with Crippen molar-refractivity contribution in [1.82, 2.24) is 9.88 Å². The quantitative estimate of drug-likeness (QED) is 0.880. The Morgan fingerprint density at radius 1 is 1.35 bits per heavy atom. The number of hydrogen-bond acceptors (Lipinski definition) is 5. The highest BCUT2D eigenvalue weighted by atomic mass is 35.5. The van der Waals surface area contributed by atoms with Gasteiger partial charge < -0.3 is 20.1 Å². The van der Waals surface area contributed by atoms with Crippen LogP contribution in [-0.2, 0) is 4.74 Å². The molecule has 0 aromatic carbocycles. The van der Waals surface area contributed by atoms with E-state index < -0.39 is 0 Å². The standard InChI is InChI=1S/C16H22ClN3O3/c17-12-9-11(16(22)20-5-7-23-8-6-20)10-18-15(12)19-13-3-1-2-4-14(13)21/h9-10,13-14,21H,1-8H2,(H,18,19)/t13-,14-/m0/s1. The lowest BCUT2D eigenvalue weighted by Crippen LogP contribution is -2.40. The largest absolute Gasteiger partial charge is 0.391 e. The number of halogens is 1. The molecule has 2 aliphatic rings. The third-order valence-corrected chi connectivity index (χ3v) is 4.73. The Morgan fingerprint density at radius 3 is 2.78 bits per heavy atom. The molecule has 0 unspecified atom stereocenters. The van der Waals surface area contributed by atoms with E-state index in [0.717, 1.165) is 25.7 Å². The number of aromatic nitrogens is 1. The van der Waals surface area contributed by atoms with E-state index in [1.807, 2.05) is 0 Å². The van der Waals surface area contributed by atoms with Crippen LogP contribution >= 0.6 is 11.6 Å². The van der Waals surface area contributed by atoms with E-state index in [9.17, 15) is 9.90 Å². The zero-order chi connectivity index (χ0) is 16.2. The molecule has 0 spiro atoms. The molecule has 2 heterocycles. The first-order valence-electron chi connectivity index (χ1n) is 8.12. The van der Waals surface area contributed by atoms with Crippen molar-refractivity contribution in [2.24, 2.45) is 0 Å². The number of aliphatic hydroxyl groups is 1. The molecule has 2 N–H and O–H groups in total. The van der Waals surface area contributed by atoms with Crippen molar-refractivity contribution >= 4 is 23.3 Å². The predicted octanol–water partition coefficient (Wildman–Crippen LogP) is 1.92. The number of amides is 1. The molecule has 1 aromatic heterocycles. The van der Waals surface area contributed by atoms with Crippen molar-refractivity contribution < 1.29 is 14.6 Å². The first kappa shape index (κ1) is 16.5. The molecule has 1 amide bonds. The molecular formula is C16H22ClN3O3. The summed E-state index contributed by atoms with van der Waals surface area (Å²) in [6.07, 6.45) is 4.99. The van der Waals surface area contributed by atoms with Crippen LogP contribution in [0.2, 0.25) is 5.02 Å². The Kier molecular flexibility index (Phi) is 5.35. The van der Waals surface area contributed by atoms with Crippen LogP contribution in [0.1, 0.15) is 36.0 Å². The van der Waals surface area contributed by atoms with Crippen LogP contribution in [-0.4, -0.2) is 59.3 Å². The Balaban J connectivity index is 1.68. The van der Waals surface area contributed by atoms with Gasteiger partial charge in [-0.1, -0.05) is 24.4 Å². The van der Waals surface area contributed by atoms with E-state index >= 15 is 0 Å². The first-order valence-corrected chi connectivity index (χ1v) is 8.50. The minimum absolute atomic E-state index is 0.0328. The Bertz CT molecular complexity index is 564. The summed E-state index contributed by atoms with van der Waals surface area (Å²) >= 11 is 6.28. The minimum atomic E-state index is -0.378. The van der Waals surface area contributed by atoms with Gasteiger partial charge in [-0.05, 0) is 18.9 Å². The summed E-state index contributed by atoms with van der Waals surface area (Å²) in [6, 6.07) is 1.61. The fraction of sp³-hybridized carbons (Fsp3) is 0.625. The van der Waals surface area contributed by atoms with Crippen molar-refractivity contribution in [2.45, 2.75) is 37.8 Å². The van der Waals surface area contributed by atoms with Gasteiger partial charge in [0.1, 0.15) is 5.82 Å². The number of carbonyl (C=O) groups is 1. The molecule has 1 aliphatic carbocycles. The van der Waals surface area contributed by atoms with E-state index in [1.165, 1.54) is 0 Å². The van der Waals surface area contributed by atoms with Crippen LogP contribution in [0.15, 0.2) is 12.3 Å². The van der Waals surface area contributed by atoms with Crippen LogP contribution in [0.5, 0.6) is 0 Å². The second-order valence-electron chi connectivity index (χ2n) is 6.06. The number of aliphatic hydroxyl groups excluding tert-OH is 1. The van der Waals surface area contributed by atoms with Crippen molar-refractivity contribution in [1.29, 1.82) is 0 Å². The zero-order valence-corrected chi connectivity index (χ0v) is 13.8. The van der Waals surface area contributed by atoms with Crippen LogP contribution in [0.3, 0.4) is 0 Å². The zero-order valence-electron chi connectivity index (χ0n) is 13.0. The van der Waals surface area contributed by atoms with Crippen molar-refractivity contribution in [3.8, 4) is 0 Å². The summed E-state index contributed by atoms with van der Waals surface area (Å²) in [5.41, 5.74) is 0.478. The molecule has 6 nitrogen and oxygen atoms in total. The fourth-order valence-corrected chi connectivity index (χ4v) is 3.29. The van der Waals surface area contributed by atoms with Gasteiger partial charge in [-0.3, -0.25) is 4.79 Å². The van der Waals surface area contributed by atoms with E-state index in [-0.39, 0.29) is 18.1 Å². The molecular weight excluding hydrogens is 318 g/mol. The third-order valence-electron chi connectivity index (χ3n) is 4.44. The summed E-state index contributed by atoms with van der Waals surface area (Å²) in [5.74, 6) is 0.447. The number of carbonyl (C=O) groups excluding carboxylic acids is 1. The molecule has 23 heavy (non-hydrogen) atoms. The fourth-order valence-electron chi connectivity index (χ4n) is 3.07. The second-order valence-corrected chi connectivity index (χ2v) is 6.47. The molecule has 3 rings (SSSR count). The van der Waals surface area contributed by atoms with E-state index in [1.54, 1.807) is 17.2 Å². The topological polar surface area (TPSA) is 74.7 Å². The molecule has 126 valence electrons. The lowest BCUT2D eigenvalue weighted by molar-refractivity contribution is 0.0302. The average molecular weight is 340 g/mol. The number of morpholine rings is 1. The predicted molar refractivity (Wildman–Crippen MR) is 87.9 cm³/mol. The number of rotatable bonds is 3. The van der Waals surface area contributed by atoms with Crippen LogP contribution in [0.4, 0.5) is 5.82 Å². The molecule has 1 aliphatic heterocycles. The molecule has 1 saturated heterocycles. The van der Waals surface area contributed by atoms with Gasteiger partial charge >= 0.3 is 0 Å². The monoisotopic (exact) mass is 339 g/mol. The van der Waals surface area contributed by atoms with Gasteiger partial charge in [0.05, 0.1) is 35.9 Å². The average Bonchev–Trinajstić information content (AvgIpc) is 2.58. The Morgan fingerprint density at radius 2 is 2.09 bits per heavy atom. The van der Waals surface area contributed by atoms with Gasteiger partial charge in [-0.2, -0.15) is 0 Å². The maximum atomic E-state index is 12.4. The van der Waals surface area contributed by atoms with Gasteiger partial charge in [0.15, 0.2) is 0 Å². The minimum Gasteiger partial charge on any atom is -0.391 e. The van der Waals surface area contributed by atoms with Crippen LogP contribution in [0.25, 0.3) is 0 Å². The summed E-state index contributed by atoms with van der Waals surface area (Å²) in [5, 5.41) is 13.6. The van der Waals surface area contributed by atoms with Crippen molar-refractivity contribution in [3.63, 3.8) is 0 Å². The van der Waals surface area contributed by atoms with Gasteiger partial charge in [-0.25, -0.2) is 4.98 Å². The van der Waals surface area contributed by atoms with E-state index in [4.69, 9.17) is 16.3 Å². The molecule has 2 fully saturated rings. The highest BCUT2D eigenvalue weighted by molar-refractivity contribution is 6.33. The number of nitrogens with zero attached hydrogens (tertiary/aromatic N) is 2. The summed E-state index contributed by atoms with van der Waals surface area (Å²) in [6.45, 7) is 2.30. The summed E-state index contributed by atoms with van der Waals surface area (Å²) in [4.78, 5) is 18.5. The second kappa shape index (κ2) is 7.47. The molecule has 7 heteroatoms. The summed E-state index contributed by atoms with van der Waals surface area (Å²) < 4.78 is 5.25.